The first-order valence-electron chi connectivity index (χ1n) is 9.88. The van der Waals surface area contributed by atoms with Crippen molar-refractivity contribution in [2.75, 3.05) is 26.2 Å². The Labute approximate surface area is 164 Å². The zero-order chi connectivity index (χ0) is 19.3. The zero-order valence-corrected chi connectivity index (χ0v) is 15.9. The van der Waals surface area contributed by atoms with Crippen LogP contribution in [0, 0.1) is 0 Å². The van der Waals surface area contributed by atoms with Gasteiger partial charge in [-0.1, -0.05) is 30.3 Å². The van der Waals surface area contributed by atoms with Crippen LogP contribution in [-0.2, 0) is 6.61 Å². The van der Waals surface area contributed by atoms with Gasteiger partial charge in [-0.2, -0.15) is 0 Å². The number of nitrogens with one attached hydrogen (secondary N) is 2. The lowest BCUT2D eigenvalue weighted by molar-refractivity contribution is 0.0945. The number of fused-ring (bicyclic) bond motifs is 1. The number of piperidine rings is 1. The van der Waals surface area contributed by atoms with Crippen LogP contribution in [0.25, 0.3) is 11.0 Å². The lowest BCUT2D eigenvalue weighted by Gasteiger charge is -2.33. The molecule has 146 valence electrons. The fourth-order valence-electron chi connectivity index (χ4n) is 3.96. The van der Waals surface area contributed by atoms with E-state index in [0.29, 0.717) is 23.9 Å². The minimum atomic E-state index is -0.143. The van der Waals surface area contributed by atoms with Crippen molar-refractivity contribution in [1.29, 1.82) is 0 Å². The van der Waals surface area contributed by atoms with Crippen molar-refractivity contribution < 1.29 is 9.90 Å². The molecule has 0 aliphatic carbocycles. The number of imidazole rings is 1. The van der Waals surface area contributed by atoms with Gasteiger partial charge in [-0.15, -0.1) is 0 Å². The molecule has 0 bridgehead atoms. The third-order valence-electron chi connectivity index (χ3n) is 5.43. The topological polar surface area (TPSA) is 81.2 Å². The van der Waals surface area contributed by atoms with Gasteiger partial charge in [0, 0.05) is 25.2 Å². The number of aliphatic hydroxyl groups excluding tert-OH is 1. The predicted octanol–water partition coefficient (Wildman–Crippen LogP) is 2.66. The Bertz CT molecular complexity index is 938. The number of carbonyl (C=O) groups excluding carboxylic acids is 1. The molecule has 28 heavy (non-hydrogen) atoms. The minimum absolute atomic E-state index is 0.0846. The summed E-state index contributed by atoms with van der Waals surface area (Å²) < 4.78 is 0. The van der Waals surface area contributed by atoms with Gasteiger partial charge >= 0.3 is 0 Å². The quantitative estimate of drug-likeness (QED) is 0.616. The second-order valence-corrected chi connectivity index (χ2v) is 7.38. The lowest BCUT2D eigenvalue weighted by atomic mass is 9.91. The zero-order valence-electron chi connectivity index (χ0n) is 15.9. The molecule has 3 N–H and O–H groups in total. The van der Waals surface area contributed by atoms with Crippen molar-refractivity contribution >= 4 is 16.9 Å². The summed E-state index contributed by atoms with van der Waals surface area (Å²) in [6.07, 6.45) is 2.42. The molecule has 1 aliphatic heterocycles. The molecule has 3 aromatic rings. The van der Waals surface area contributed by atoms with Crippen LogP contribution in [0.15, 0.2) is 48.5 Å². The molecule has 1 amide bonds. The Kier molecular flexibility index (Phi) is 5.69. The number of hydrogen-bond donors (Lipinski definition) is 3. The molecule has 2 aromatic carbocycles. The van der Waals surface area contributed by atoms with Crippen LogP contribution in [0.1, 0.15) is 40.5 Å². The number of amides is 1. The van der Waals surface area contributed by atoms with E-state index in [1.807, 2.05) is 0 Å². The number of likely N-dealkylation sites (tertiary alicyclic amines) is 1. The number of carbonyl (C=O) groups is 1. The Balaban J connectivity index is 1.30. The molecule has 1 aliphatic rings. The standard InChI is InChI=1S/C22H26N4O2/c27-15-21-24-19-9-8-17(13-20(19)25-21)22(28)23-10-12-26-11-4-7-18(14-26)16-5-2-1-3-6-16/h1-3,5-6,8-9,13,18,27H,4,7,10-12,14-15H2,(H,23,28)(H,24,25)/t18-/m0/s1. The molecule has 1 fully saturated rings. The van der Waals surface area contributed by atoms with E-state index in [9.17, 15) is 9.90 Å². The molecule has 0 unspecified atom stereocenters. The summed E-state index contributed by atoms with van der Waals surface area (Å²) in [7, 11) is 0. The van der Waals surface area contributed by atoms with E-state index in [4.69, 9.17) is 0 Å². The van der Waals surface area contributed by atoms with E-state index in [2.05, 4.69) is 50.5 Å². The van der Waals surface area contributed by atoms with Crippen LogP contribution in [-0.4, -0.2) is 52.1 Å². The highest BCUT2D eigenvalue weighted by atomic mass is 16.3. The van der Waals surface area contributed by atoms with Crippen molar-refractivity contribution in [2.45, 2.75) is 25.4 Å². The molecule has 1 saturated heterocycles. The Morgan fingerprint density at radius 2 is 2.11 bits per heavy atom. The Hall–Kier alpha value is -2.70. The number of benzene rings is 2. The molecule has 6 nitrogen and oxygen atoms in total. The number of nitrogens with zero attached hydrogens (tertiary/aromatic N) is 2. The number of H-pyrrole nitrogens is 1. The third kappa shape index (κ3) is 4.24. The van der Waals surface area contributed by atoms with Gasteiger partial charge in [-0.05, 0) is 49.1 Å². The number of aliphatic hydroxyl groups is 1. The number of rotatable bonds is 6. The van der Waals surface area contributed by atoms with Gasteiger partial charge in [0.25, 0.3) is 5.91 Å². The molecule has 4 rings (SSSR count). The van der Waals surface area contributed by atoms with Gasteiger partial charge in [0.1, 0.15) is 12.4 Å². The maximum absolute atomic E-state index is 12.5. The molecule has 1 aromatic heterocycles. The molecule has 2 heterocycles. The summed E-state index contributed by atoms with van der Waals surface area (Å²) >= 11 is 0. The largest absolute Gasteiger partial charge is 0.388 e. The highest BCUT2D eigenvalue weighted by molar-refractivity contribution is 5.97. The van der Waals surface area contributed by atoms with Crippen molar-refractivity contribution in [3.05, 3.63) is 65.5 Å². The van der Waals surface area contributed by atoms with Gasteiger partial charge < -0.3 is 20.3 Å². The van der Waals surface area contributed by atoms with E-state index < -0.39 is 0 Å². The van der Waals surface area contributed by atoms with Crippen LogP contribution in [0.4, 0.5) is 0 Å². The number of hydrogen-bond acceptors (Lipinski definition) is 4. The summed E-state index contributed by atoms with van der Waals surface area (Å²) in [6.45, 7) is 3.47. The van der Waals surface area contributed by atoms with Crippen molar-refractivity contribution in [2.24, 2.45) is 0 Å². The van der Waals surface area contributed by atoms with Crippen LogP contribution >= 0.6 is 0 Å². The smallest absolute Gasteiger partial charge is 0.251 e. The third-order valence-corrected chi connectivity index (χ3v) is 5.43. The highest BCUT2D eigenvalue weighted by Crippen LogP contribution is 2.26. The molecular weight excluding hydrogens is 352 g/mol. The first-order chi connectivity index (χ1) is 13.7. The molecule has 0 spiro atoms. The highest BCUT2D eigenvalue weighted by Gasteiger charge is 2.21. The summed E-state index contributed by atoms with van der Waals surface area (Å²) in [5, 5.41) is 12.2. The SMILES string of the molecule is O=C(NCCN1CCC[C@H](c2ccccc2)C1)c1ccc2nc(CO)[nH]c2c1. The fourth-order valence-corrected chi connectivity index (χ4v) is 3.96. The van der Waals surface area contributed by atoms with Gasteiger partial charge in [0.05, 0.1) is 11.0 Å². The molecular formula is C22H26N4O2. The van der Waals surface area contributed by atoms with Crippen LogP contribution in [0.3, 0.4) is 0 Å². The van der Waals surface area contributed by atoms with Gasteiger partial charge in [-0.25, -0.2) is 4.98 Å². The summed E-state index contributed by atoms with van der Waals surface area (Å²) in [4.78, 5) is 22.2. The van der Waals surface area contributed by atoms with E-state index in [1.165, 1.54) is 18.4 Å². The van der Waals surface area contributed by atoms with Crippen LogP contribution in [0.2, 0.25) is 0 Å². The maximum atomic E-state index is 12.5. The monoisotopic (exact) mass is 378 g/mol. The second-order valence-electron chi connectivity index (χ2n) is 7.38. The Morgan fingerprint density at radius 1 is 1.25 bits per heavy atom. The van der Waals surface area contributed by atoms with E-state index >= 15 is 0 Å². The van der Waals surface area contributed by atoms with Crippen molar-refractivity contribution in [3.8, 4) is 0 Å². The average molecular weight is 378 g/mol. The molecule has 6 heteroatoms. The molecule has 0 radical (unpaired) electrons. The van der Waals surface area contributed by atoms with Gasteiger partial charge in [0.2, 0.25) is 0 Å². The van der Waals surface area contributed by atoms with Gasteiger partial charge in [-0.3, -0.25) is 4.79 Å². The van der Waals surface area contributed by atoms with Crippen molar-refractivity contribution in [1.82, 2.24) is 20.2 Å². The molecule has 1 atom stereocenters. The van der Waals surface area contributed by atoms with Crippen molar-refractivity contribution in [3.63, 3.8) is 0 Å². The first kappa shape index (κ1) is 18.7. The predicted molar refractivity (Wildman–Crippen MR) is 109 cm³/mol. The van der Waals surface area contributed by atoms with E-state index in [0.717, 1.165) is 30.7 Å². The van der Waals surface area contributed by atoms with Gasteiger partial charge in [0.15, 0.2) is 0 Å². The summed E-state index contributed by atoms with van der Waals surface area (Å²) in [5.74, 6) is 0.999. The van der Waals surface area contributed by atoms with E-state index in [-0.39, 0.29) is 12.5 Å². The van der Waals surface area contributed by atoms with Crippen LogP contribution < -0.4 is 5.32 Å². The summed E-state index contributed by atoms with van der Waals surface area (Å²) in [5.41, 5.74) is 3.52. The summed E-state index contributed by atoms with van der Waals surface area (Å²) in [6, 6.07) is 16.0. The lowest BCUT2D eigenvalue weighted by Crippen LogP contribution is -2.40. The first-order valence-corrected chi connectivity index (χ1v) is 9.88. The second kappa shape index (κ2) is 8.54. The Morgan fingerprint density at radius 3 is 2.93 bits per heavy atom. The van der Waals surface area contributed by atoms with Crippen LogP contribution in [0.5, 0.6) is 0 Å². The normalized spacial score (nSPS) is 17.7. The fraction of sp³-hybridized carbons (Fsp3) is 0.364. The number of aromatic nitrogens is 2. The number of aromatic amines is 1. The maximum Gasteiger partial charge on any atom is 0.251 e. The van der Waals surface area contributed by atoms with E-state index in [1.54, 1.807) is 18.2 Å². The minimum Gasteiger partial charge on any atom is -0.388 e. The molecule has 0 saturated carbocycles. The average Bonchev–Trinajstić information content (AvgIpc) is 3.17.